The first kappa shape index (κ1) is 13.6. The number of Topliss-reactive ketones (excluding diaryl/α,β-unsaturated/α-hetero) is 1. The number of likely N-dealkylation sites (N-methyl/N-ethyl adjacent to an activating group) is 2. The van der Waals surface area contributed by atoms with Crippen LogP contribution in [0.4, 0.5) is 0 Å². The summed E-state index contributed by atoms with van der Waals surface area (Å²) in [7, 11) is 7.87. The van der Waals surface area contributed by atoms with E-state index in [0.29, 0.717) is 5.78 Å². The third kappa shape index (κ3) is 3.39. The molecule has 0 aromatic carbocycles. The maximum atomic E-state index is 12.1. The van der Waals surface area contributed by atoms with Crippen LogP contribution in [0, 0.1) is 0 Å². The van der Waals surface area contributed by atoms with Crippen molar-refractivity contribution in [3.8, 4) is 0 Å². The van der Waals surface area contributed by atoms with Gasteiger partial charge in [-0.1, -0.05) is 13.8 Å². The van der Waals surface area contributed by atoms with Gasteiger partial charge in [0.1, 0.15) is 0 Å². The molecule has 0 fully saturated rings. The molecule has 0 aliphatic rings. The summed E-state index contributed by atoms with van der Waals surface area (Å²) in [6.45, 7) is 4.12. The van der Waals surface area contributed by atoms with Gasteiger partial charge in [-0.15, -0.1) is 0 Å². The first-order chi connectivity index (χ1) is 6.45. The highest BCUT2D eigenvalue weighted by Crippen LogP contribution is 2.09. The Morgan fingerprint density at radius 1 is 0.929 bits per heavy atom. The maximum Gasteiger partial charge on any atom is 0.166 e. The van der Waals surface area contributed by atoms with Crippen molar-refractivity contribution in [3.05, 3.63) is 0 Å². The van der Waals surface area contributed by atoms with Crippen LogP contribution in [0.3, 0.4) is 0 Å². The van der Waals surface area contributed by atoms with Gasteiger partial charge in [0, 0.05) is 0 Å². The zero-order valence-corrected chi connectivity index (χ0v) is 10.4. The van der Waals surface area contributed by atoms with Gasteiger partial charge in [-0.25, -0.2) is 0 Å². The van der Waals surface area contributed by atoms with Crippen LogP contribution in [-0.4, -0.2) is 55.9 Å². The highest BCUT2D eigenvalue weighted by molar-refractivity contribution is 5.88. The molecule has 0 bridgehead atoms. The molecule has 0 rings (SSSR count). The molecule has 2 unspecified atom stereocenters. The minimum absolute atomic E-state index is 0.0577. The summed E-state index contributed by atoms with van der Waals surface area (Å²) in [4.78, 5) is 16.1. The zero-order valence-electron chi connectivity index (χ0n) is 10.4. The quantitative estimate of drug-likeness (QED) is 0.644. The molecular weight excluding hydrogens is 176 g/mol. The van der Waals surface area contributed by atoms with E-state index in [1.165, 1.54) is 0 Å². The Kier molecular flexibility index (Phi) is 5.96. The number of carbonyl (C=O) groups is 1. The van der Waals surface area contributed by atoms with Crippen LogP contribution in [0.1, 0.15) is 26.7 Å². The number of carbonyl (C=O) groups excluding carboxylic acids is 1. The van der Waals surface area contributed by atoms with Gasteiger partial charge in [0.25, 0.3) is 0 Å². The smallest absolute Gasteiger partial charge is 0.166 e. The van der Waals surface area contributed by atoms with E-state index in [2.05, 4.69) is 13.8 Å². The molecule has 0 aliphatic heterocycles. The molecule has 0 aliphatic carbocycles. The summed E-state index contributed by atoms with van der Waals surface area (Å²) in [6, 6.07) is 0.115. The first-order valence-electron chi connectivity index (χ1n) is 5.32. The summed E-state index contributed by atoms with van der Waals surface area (Å²) in [5.41, 5.74) is 0. The van der Waals surface area contributed by atoms with Gasteiger partial charge in [-0.3, -0.25) is 14.6 Å². The predicted molar refractivity (Wildman–Crippen MR) is 60.5 cm³/mol. The van der Waals surface area contributed by atoms with Crippen molar-refractivity contribution in [1.82, 2.24) is 9.80 Å². The van der Waals surface area contributed by atoms with E-state index in [1.54, 1.807) is 0 Å². The molecule has 0 saturated heterocycles. The lowest BCUT2D eigenvalue weighted by atomic mass is 9.99. The fourth-order valence-electron chi connectivity index (χ4n) is 1.86. The summed E-state index contributed by atoms with van der Waals surface area (Å²) in [6.07, 6.45) is 1.77. The molecule has 0 saturated carbocycles. The van der Waals surface area contributed by atoms with E-state index in [1.807, 2.05) is 38.0 Å². The van der Waals surface area contributed by atoms with Crippen LogP contribution >= 0.6 is 0 Å². The molecular formula is C11H24N2O. The number of hydrogen-bond acceptors (Lipinski definition) is 3. The number of nitrogens with zero attached hydrogens (tertiary/aromatic N) is 2. The van der Waals surface area contributed by atoms with Gasteiger partial charge in [-0.05, 0) is 41.0 Å². The third-order valence-electron chi connectivity index (χ3n) is 2.68. The van der Waals surface area contributed by atoms with Crippen molar-refractivity contribution in [2.24, 2.45) is 0 Å². The Morgan fingerprint density at radius 2 is 1.21 bits per heavy atom. The van der Waals surface area contributed by atoms with Crippen LogP contribution in [0.5, 0.6) is 0 Å². The van der Waals surface area contributed by atoms with Gasteiger partial charge in [0.15, 0.2) is 5.78 Å². The molecule has 0 aromatic rings. The first-order valence-corrected chi connectivity index (χ1v) is 5.32. The SMILES string of the molecule is CCC(C(=O)C(CC)N(C)C)N(C)C. The van der Waals surface area contributed by atoms with Gasteiger partial charge in [-0.2, -0.15) is 0 Å². The van der Waals surface area contributed by atoms with Crippen LogP contribution in [0.2, 0.25) is 0 Å². The van der Waals surface area contributed by atoms with Crippen LogP contribution < -0.4 is 0 Å². The lowest BCUT2D eigenvalue weighted by Gasteiger charge is -2.29. The van der Waals surface area contributed by atoms with Gasteiger partial charge < -0.3 is 0 Å². The van der Waals surface area contributed by atoms with E-state index in [4.69, 9.17) is 0 Å². The maximum absolute atomic E-state index is 12.1. The van der Waals surface area contributed by atoms with Crippen molar-refractivity contribution < 1.29 is 4.79 Å². The minimum atomic E-state index is 0.0577. The highest BCUT2D eigenvalue weighted by Gasteiger charge is 2.27. The lowest BCUT2D eigenvalue weighted by Crippen LogP contribution is -2.46. The monoisotopic (exact) mass is 200 g/mol. The van der Waals surface area contributed by atoms with Crippen molar-refractivity contribution in [2.75, 3.05) is 28.2 Å². The third-order valence-corrected chi connectivity index (χ3v) is 2.68. The largest absolute Gasteiger partial charge is 0.300 e. The molecule has 2 atom stereocenters. The molecule has 3 nitrogen and oxygen atoms in total. The predicted octanol–water partition coefficient (Wildman–Crippen LogP) is 1.24. The van der Waals surface area contributed by atoms with Crippen LogP contribution in [-0.2, 0) is 4.79 Å². The summed E-state index contributed by atoms with van der Waals surface area (Å²) >= 11 is 0. The Balaban J connectivity index is 4.54. The van der Waals surface area contributed by atoms with Gasteiger partial charge in [0.05, 0.1) is 12.1 Å². The highest BCUT2D eigenvalue weighted by atomic mass is 16.1. The standard InChI is InChI=1S/C11H24N2O/c1-7-9(12(3)4)11(14)10(8-2)13(5)6/h9-10H,7-8H2,1-6H3. The molecule has 0 N–H and O–H groups in total. The summed E-state index contributed by atoms with van der Waals surface area (Å²) < 4.78 is 0. The molecule has 0 heterocycles. The molecule has 0 spiro atoms. The summed E-state index contributed by atoms with van der Waals surface area (Å²) in [5, 5.41) is 0. The Hall–Kier alpha value is -0.410. The molecule has 84 valence electrons. The zero-order chi connectivity index (χ0) is 11.3. The Bertz CT molecular complexity index is 160. The second kappa shape index (κ2) is 6.14. The van der Waals surface area contributed by atoms with Crippen molar-refractivity contribution in [2.45, 2.75) is 38.8 Å². The van der Waals surface area contributed by atoms with Crippen molar-refractivity contribution >= 4 is 5.78 Å². The second-order valence-electron chi connectivity index (χ2n) is 4.18. The fraction of sp³-hybridized carbons (Fsp3) is 0.909. The van der Waals surface area contributed by atoms with Crippen molar-refractivity contribution in [1.29, 1.82) is 0 Å². The van der Waals surface area contributed by atoms with Crippen molar-refractivity contribution in [3.63, 3.8) is 0 Å². The second-order valence-corrected chi connectivity index (χ2v) is 4.18. The van der Waals surface area contributed by atoms with Crippen LogP contribution in [0.15, 0.2) is 0 Å². The number of hydrogen-bond donors (Lipinski definition) is 0. The number of ketones is 1. The van der Waals surface area contributed by atoms with E-state index >= 15 is 0 Å². The van der Waals surface area contributed by atoms with Gasteiger partial charge in [0.2, 0.25) is 0 Å². The van der Waals surface area contributed by atoms with Crippen LogP contribution in [0.25, 0.3) is 0 Å². The lowest BCUT2D eigenvalue weighted by molar-refractivity contribution is -0.128. The van der Waals surface area contributed by atoms with Gasteiger partial charge >= 0.3 is 0 Å². The van der Waals surface area contributed by atoms with E-state index in [-0.39, 0.29) is 12.1 Å². The number of rotatable bonds is 6. The molecule has 3 heteroatoms. The molecule has 14 heavy (non-hydrogen) atoms. The van der Waals surface area contributed by atoms with E-state index < -0.39 is 0 Å². The normalized spacial score (nSPS) is 16.0. The topological polar surface area (TPSA) is 23.6 Å². The summed E-state index contributed by atoms with van der Waals surface area (Å²) in [5.74, 6) is 0.338. The van der Waals surface area contributed by atoms with E-state index in [9.17, 15) is 4.79 Å². The van der Waals surface area contributed by atoms with E-state index in [0.717, 1.165) is 12.8 Å². The average Bonchev–Trinajstić information content (AvgIpc) is 2.04. The Labute approximate surface area is 88.1 Å². The average molecular weight is 200 g/mol. The minimum Gasteiger partial charge on any atom is -0.300 e. The molecule has 0 radical (unpaired) electrons. The molecule has 0 amide bonds. The fourth-order valence-corrected chi connectivity index (χ4v) is 1.86. The Morgan fingerprint density at radius 3 is 1.36 bits per heavy atom. The molecule has 0 aromatic heterocycles.